The van der Waals surface area contributed by atoms with Gasteiger partial charge >= 0.3 is 5.97 Å². The van der Waals surface area contributed by atoms with Crippen molar-refractivity contribution in [3.8, 4) is 0 Å². The third-order valence-electron chi connectivity index (χ3n) is 4.40. The first-order valence-corrected chi connectivity index (χ1v) is 7.50. The predicted molar refractivity (Wildman–Crippen MR) is 74.1 cm³/mol. The Balaban J connectivity index is 2.15. The van der Waals surface area contributed by atoms with E-state index in [1.807, 2.05) is 0 Å². The van der Waals surface area contributed by atoms with E-state index in [-0.39, 0.29) is 0 Å². The van der Waals surface area contributed by atoms with E-state index in [1.165, 1.54) is 12.8 Å². The lowest BCUT2D eigenvalue weighted by molar-refractivity contribution is 0.0695. The standard InChI is InChI=1S/C15H18ClNO2/c16-13-12(15(18)19)10-7-3-4-8-11(10)17-14(13)9-5-1-2-6-9/h9H,1-8H2,(H,18,19). The second-order valence-electron chi connectivity index (χ2n) is 5.60. The fourth-order valence-electron chi connectivity index (χ4n) is 3.43. The van der Waals surface area contributed by atoms with Crippen LogP contribution in [0.4, 0.5) is 0 Å². The largest absolute Gasteiger partial charge is 0.478 e. The number of nitrogens with zero attached hydrogens (tertiary/aromatic N) is 1. The van der Waals surface area contributed by atoms with Crippen molar-refractivity contribution in [2.24, 2.45) is 0 Å². The highest BCUT2D eigenvalue weighted by molar-refractivity contribution is 6.34. The summed E-state index contributed by atoms with van der Waals surface area (Å²) in [5.74, 6) is -0.539. The Morgan fingerprint density at radius 2 is 1.84 bits per heavy atom. The van der Waals surface area contributed by atoms with Gasteiger partial charge in [-0.1, -0.05) is 24.4 Å². The Morgan fingerprint density at radius 3 is 2.53 bits per heavy atom. The summed E-state index contributed by atoms with van der Waals surface area (Å²) in [6.45, 7) is 0. The van der Waals surface area contributed by atoms with Crippen molar-refractivity contribution in [1.82, 2.24) is 4.98 Å². The molecule has 3 rings (SSSR count). The van der Waals surface area contributed by atoms with Gasteiger partial charge in [-0.15, -0.1) is 0 Å². The van der Waals surface area contributed by atoms with Crippen molar-refractivity contribution in [1.29, 1.82) is 0 Å². The van der Waals surface area contributed by atoms with Gasteiger partial charge in [0.2, 0.25) is 0 Å². The van der Waals surface area contributed by atoms with Crippen LogP contribution in [-0.4, -0.2) is 16.1 Å². The van der Waals surface area contributed by atoms with E-state index in [0.29, 0.717) is 16.5 Å². The average molecular weight is 280 g/mol. The van der Waals surface area contributed by atoms with Crippen molar-refractivity contribution in [2.75, 3.05) is 0 Å². The van der Waals surface area contributed by atoms with Gasteiger partial charge in [0, 0.05) is 11.6 Å². The molecule has 3 nitrogen and oxygen atoms in total. The van der Waals surface area contributed by atoms with Gasteiger partial charge in [-0.05, 0) is 44.1 Å². The third-order valence-corrected chi connectivity index (χ3v) is 4.78. The Hall–Kier alpha value is -1.09. The van der Waals surface area contributed by atoms with Crippen LogP contribution in [-0.2, 0) is 12.8 Å². The fraction of sp³-hybridized carbons (Fsp3) is 0.600. The maximum Gasteiger partial charge on any atom is 0.337 e. The van der Waals surface area contributed by atoms with E-state index in [1.54, 1.807) is 0 Å². The highest BCUT2D eigenvalue weighted by Gasteiger charge is 2.29. The number of aromatic carboxylic acids is 1. The average Bonchev–Trinajstić information content (AvgIpc) is 2.91. The van der Waals surface area contributed by atoms with Crippen LogP contribution >= 0.6 is 11.6 Å². The molecule has 102 valence electrons. The first-order chi connectivity index (χ1) is 9.18. The molecule has 0 unspecified atom stereocenters. The summed E-state index contributed by atoms with van der Waals surface area (Å²) in [5, 5.41) is 9.88. The molecule has 0 radical (unpaired) electrons. The van der Waals surface area contributed by atoms with Crippen LogP contribution in [0.1, 0.15) is 71.8 Å². The minimum Gasteiger partial charge on any atom is -0.478 e. The van der Waals surface area contributed by atoms with Crippen LogP contribution in [0.25, 0.3) is 0 Å². The molecule has 0 aromatic carbocycles. The van der Waals surface area contributed by atoms with E-state index in [4.69, 9.17) is 16.6 Å². The molecule has 0 saturated heterocycles. The molecule has 1 N–H and O–H groups in total. The molecule has 4 heteroatoms. The molecular formula is C15H18ClNO2. The lowest BCUT2D eigenvalue weighted by Gasteiger charge is -2.22. The topological polar surface area (TPSA) is 50.2 Å². The van der Waals surface area contributed by atoms with Crippen molar-refractivity contribution in [3.05, 3.63) is 27.5 Å². The van der Waals surface area contributed by atoms with Crippen molar-refractivity contribution < 1.29 is 9.90 Å². The molecule has 1 aromatic rings. The Labute approximate surface area is 118 Å². The van der Waals surface area contributed by atoms with Gasteiger partial charge < -0.3 is 5.11 Å². The van der Waals surface area contributed by atoms with Crippen LogP contribution in [0.2, 0.25) is 5.02 Å². The maximum absolute atomic E-state index is 11.5. The molecule has 1 heterocycles. The molecule has 1 aromatic heterocycles. The smallest absolute Gasteiger partial charge is 0.337 e. The lowest BCUT2D eigenvalue weighted by atomic mass is 9.89. The number of halogens is 1. The lowest BCUT2D eigenvalue weighted by Crippen LogP contribution is -2.16. The molecule has 0 spiro atoms. The van der Waals surface area contributed by atoms with Crippen LogP contribution in [0.15, 0.2) is 0 Å². The number of carbonyl (C=O) groups is 1. The number of fused-ring (bicyclic) bond motifs is 1. The summed E-state index contributed by atoms with van der Waals surface area (Å²) in [6.07, 6.45) is 8.40. The highest BCUT2D eigenvalue weighted by Crippen LogP contribution is 2.40. The Kier molecular flexibility index (Phi) is 3.48. The molecule has 2 aliphatic carbocycles. The molecule has 19 heavy (non-hydrogen) atoms. The van der Waals surface area contributed by atoms with Crippen molar-refractivity contribution in [3.63, 3.8) is 0 Å². The first-order valence-electron chi connectivity index (χ1n) is 7.13. The monoisotopic (exact) mass is 279 g/mol. The van der Waals surface area contributed by atoms with Crippen molar-refractivity contribution >= 4 is 17.6 Å². The van der Waals surface area contributed by atoms with Gasteiger partial charge in [0.1, 0.15) is 0 Å². The number of hydrogen-bond donors (Lipinski definition) is 1. The molecule has 1 fully saturated rings. The highest BCUT2D eigenvalue weighted by atomic mass is 35.5. The zero-order valence-electron chi connectivity index (χ0n) is 10.9. The van der Waals surface area contributed by atoms with Gasteiger partial charge in [-0.2, -0.15) is 0 Å². The number of rotatable bonds is 2. The molecule has 0 amide bonds. The molecule has 0 bridgehead atoms. The van der Waals surface area contributed by atoms with E-state index < -0.39 is 5.97 Å². The number of aromatic nitrogens is 1. The van der Waals surface area contributed by atoms with Crippen LogP contribution in [0.3, 0.4) is 0 Å². The van der Waals surface area contributed by atoms with E-state index in [2.05, 4.69) is 0 Å². The number of hydrogen-bond acceptors (Lipinski definition) is 2. The molecule has 2 aliphatic rings. The van der Waals surface area contributed by atoms with E-state index in [9.17, 15) is 9.90 Å². The minimum absolute atomic E-state index is 0.327. The molecule has 0 atom stereocenters. The van der Waals surface area contributed by atoms with Gasteiger partial charge in [0.05, 0.1) is 16.3 Å². The summed E-state index contributed by atoms with van der Waals surface area (Å²) in [5.41, 5.74) is 3.03. The Morgan fingerprint density at radius 1 is 1.16 bits per heavy atom. The van der Waals surface area contributed by atoms with E-state index in [0.717, 1.165) is 55.5 Å². The second-order valence-corrected chi connectivity index (χ2v) is 5.98. The molecule has 1 saturated carbocycles. The van der Waals surface area contributed by atoms with Crippen LogP contribution in [0, 0.1) is 0 Å². The van der Waals surface area contributed by atoms with Gasteiger partial charge in [-0.25, -0.2) is 4.79 Å². The van der Waals surface area contributed by atoms with Crippen LogP contribution in [0.5, 0.6) is 0 Å². The van der Waals surface area contributed by atoms with Gasteiger partial charge in [-0.3, -0.25) is 4.98 Å². The maximum atomic E-state index is 11.5. The Bertz CT molecular complexity index is 521. The predicted octanol–water partition coefficient (Wildman–Crippen LogP) is 3.97. The zero-order valence-corrected chi connectivity index (χ0v) is 11.7. The first kappa shape index (κ1) is 12.9. The quantitative estimate of drug-likeness (QED) is 0.891. The summed E-state index contributed by atoms with van der Waals surface area (Å²) in [6, 6.07) is 0. The zero-order chi connectivity index (χ0) is 13.4. The number of carboxylic acids is 1. The number of aryl methyl sites for hydroxylation is 1. The third kappa shape index (κ3) is 2.25. The normalized spacial score (nSPS) is 19.4. The van der Waals surface area contributed by atoms with Gasteiger partial charge in [0.15, 0.2) is 0 Å². The second kappa shape index (κ2) is 5.12. The van der Waals surface area contributed by atoms with Crippen LogP contribution < -0.4 is 0 Å². The summed E-state index contributed by atoms with van der Waals surface area (Å²) >= 11 is 6.38. The molecular weight excluding hydrogens is 262 g/mol. The minimum atomic E-state index is -0.898. The SMILES string of the molecule is O=C(O)c1c(Cl)c(C2CCCC2)nc2c1CCCC2. The number of pyridine rings is 1. The molecule has 0 aliphatic heterocycles. The fourth-order valence-corrected chi connectivity index (χ4v) is 3.82. The van der Waals surface area contributed by atoms with Crippen molar-refractivity contribution in [2.45, 2.75) is 57.3 Å². The number of carboxylic acid groups (broad SMARTS) is 1. The van der Waals surface area contributed by atoms with E-state index >= 15 is 0 Å². The van der Waals surface area contributed by atoms with Gasteiger partial charge in [0.25, 0.3) is 0 Å². The summed E-state index contributed by atoms with van der Waals surface area (Å²) < 4.78 is 0. The summed E-state index contributed by atoms with van der Waals surface area (Å²) in [4.78, 5) is 16.3. The summed E-state index contributed by atoms with van der Waals surface area (Å²) in [7, 11) is 0.